The zero-order valence-corrected chi connectivity index (χ0v) is 23.8. The van der Waals surface area contributed by atoms with E-state index >= 15 is 0 Å². The van der Waals surface area contributed by atoms with Gasteiger partial charge in [-0.3, -0.25) is 24.0 Å². The molecule has 4 amide bonds. The van der Waals surface area contributed by atoms with Gasteiger partial charge in [-0.2, -0.15) is 0 Å². The summed E-state index contributed by atoms with van der Waals surface area (Å²) >= 11 is 0. The zero-order valence-electron chi connectivity index (χ0n) is 23.8. The largest absolute Gasteiger partial charge is 0.496 e. The van der Waals surface area contributed by atoms with Crippen LogP contribution < -0.4 is 26.0 Å². The summed E-state index contributed by atoms with van der Waals surface area (Å²) in [4.78, 5) is 61.8. The Morgan fingerprint density at radius 2 is 1.43 bits per heavy atom. The molecule has 5 N–H and O–H groups in total. The van der Waals surface area contributed by atoms with Crippen molar-refractivity contribution in [2.75, 3.05) is 12.4 Å². The molecule has 3 atom stereocenters. The Morgan fingerprint density at radius 3 is 2.12 bits per heavy atom. The third-order valence-electron chi connectivity index (χ3n) is 6.54. The lowest BCUT2D eigenvalue weighted by Crippen LogP contribution is -2.55. The molecule has 0 saturated carbocycles. The molecule has 3 rings (SSSR count). The number of amides is 4. The van der Waals surface area contributed by atoms with Crippen LogP contribution in [-0.4, -0.2) is 59.9 Å². The van der Waals surface area contributed by atoms with Crippen LogP contribution in [0.5, 0.6) is 5.75 Å². The van der Waals surface area contributed by atoms with Crippen LogP contribution in [0.3, 0.4) is 0 Å². The molecule has 0 aliphatic heterocycles. The minimum atomic E-state index is -1.02. The molecule has 0 aliphatic carbocycles. The van der Waals surface area contributed by atoms with E-state index in [0.717, 1.165) is 16.3 Å². The van der Waals surface area contributed by atoms with Crippen LogP contribution in [0.1, 0.15) is 38.7 Å². The van der Waals surface area contributed by atoms with Crippen molar-refractivity contribution in [3.05, 3.63) is 72.3 Å². The van der Waals surface area contributed by atoms with Crippen LogP contribution in [0.15, 0.2) is 66.7 Å². The topological polar surface area (TPSA) is 163 Å². The molecule has 0 radical (unpaired) electrons. The first-order valence-electron chi connectivity index (χ1n) is 13.6. The molecule has 11 nitrogen and oxygen atoms in total. The van der Waals surface area contributed by atoms with Gasteiger partial charge in [0.2, 0.25) is 23.6 Å². The lowest BCUT2D eigenvalue weighted by Gasteiger charge is -2.23. The monoisotopic (exact) mass is 576 g/mol. The predicted molar refractivity (Wildman–Crippen MR) is 158 cm³/mol. The Kier molecular flexibility index (Phi) is 11.4. The Morgan fingerprint density at radius 1 is 0.786 bits per heavy atom. The molecule has 11 heteroatoms. The molecule has 0 unspecified atom stereocenters. The summed E-state index contributed by atoms with van der Waals surface area (Å²) in [7, 11) is 1.55. The van der Waals surface area contributed by atoms with Crippen LogP contribution in [0.4, 0.5) is 5.69 Å². The number of carboxylic acids is 1. The second kappa shape index (κ2) is 15.2. The number of benzene rings is 3. The smallest absolute Gasteiger partial charge is 0.303 e. The summed E-state index contributed by atoms with van der Waals surface area (Å²) in [5.41, 5.74) is 1.32. The fourth-order valence-electron chi connectivity index (χ4n) is 4.28. The van der Waals surface area contributed by atoms with E-state index in [1.54, 1.807) is 13.2 Å². The Bertz CT molecular complexity index is 1430. The molecular weight excluding hydrogens is 540 g/mol. The highest BCUT2D eigenvalue weighted by molar-refractivity contribution is 6.01. The number of fused-ring (bicyclic) bond motifs is 1. The van der Waals surface area contributed by atoms with Gasteiger partial charge in [-0.25, -0.2) is 0 Å². The van der Waals surface area contributed by atoms with E-state index in [1.807, 2.05) is 60.7 Å². The van der Waals surface area contributed by atoms with E-state index in [9.17, 15) is 24.0 Å². The summed E-state index contributed by atoms with van der Waals surface area (Å²) in [6.07, 6.45) is 0.147. The van der Waals surface area contributed by atoms with Gasteiger partial charge in [0.1, 0.15) is 23.9 Å². The fourth-order valence-corrected chi connectivity index (χ4v) is 4.28. The highest BCUT2D eigenvalue weighted by Crippen LogP contribution is 2.29. The zero-order chi connectivity index (χ0) is 30.6. The van der Waals surface area contributed by atoms with Gasteiger partial charge in [0.05, 0.1) is 7.11 Å². The maximum Gasteiger partial charge on any atom is 0.303 e. The first-order chi connectivity index (χ1) is 20.1. The van der Waals surface area contributed by atoms with Gasteiger partial charge in [0.25, 0.3) is 0 Å². The average Bonchev–Trinajstić information content (AvgIpc) is 2.96. The molecule has 222 valence electrons. The van der Waals surface area contributed by atoms with Crippen molar-refractivity contribution in [2.24, 2.45) is 0 Å². The lowest BCUT2D eigenvalue weighted by molar-refractivity contribution is -0.137. The van der Waals surface area contributed by atoms with Gasteiger partial charge in [-0.15, -0.1) is 0 Å². The minimum Gasteiger partial charge on any atom is -0.496 e. The highest BCUT2D eigenvalue weighted by Gasteiger charge is 2.26. The van der Waals surface area contributed by atoms with Crippen molar-refractivity contribution < 1.29 is 33.8 Å². The quantitative estimate of drug-likeness (QED) is 0.197. The number of hydrogen-bond donors (Lipinski definition) is 5. The van der Waals surface area contributed by atoms with E-state index in [4.69, 9.17) is 9.84 Å². The van der Waals surface area contributed by atoms with Crippen molar-refractivity contribution in [1.29, 1.82) is 0 Å². The van der Waals surface area contributed by atoms with Crippen molar-refractivity contribution >= 4 is 46.1 Å². The van der Waals surface area contributed by atoms with Crippen molar-refractivity contribution in [1.82, 2.24) is 16.0 Å². The third kappa shape index (κ3) is 9.33. The number of methoxy groups -OCH3 is 1. The molecule has 0 aliphatic rings. The first kappa shape index (κ1) is 31.6. The van der Waals surface area contributed by atoms with Crippen LogP contribution in [0, 0.1) is 0 Å². The molecule has 0 aromatic heterocycles. The molecule has 42 heavy (non-hydrogen) atoms. The molecule has 0 fully saturated rings. The van der Waals surface area contributed by atoms with Crippen LogP contribution in [0.2, 0.25) is 0 Å². The molecule has 0 spiro atoms. The summed E-state index contributed by atoms with van der Waals surface area (Å²) in [5.74, 6) is -2.53. The van der Waals surface area contributed by atoms with Gasteiger partial charge < -0.3 is 31.1 Å². The minimum absolute atomic E-state index is 0.0423. The Balaban J connectivity index is 1.67. The number of ether oxygens (including phenoxy) is 1. The number of hydrogen-bond acceptors (Lipinski definition) is 6. The van der Waals surface area contributed by atoms with Crippen LogP contribution >= 0.6 is 0 Å². The number of nitrogens with one attached hydrogen (secondary N) is 4. The molecule has 0 bridgehead atoms. The fraction of sp³-hybridized carbons (Fsp3) is 0.323. The SMILES string of the molecule is COc1cc(NC(=O)[C@H](Cc2ccccc2)NC(=O)[C@@H](C)NC(=O)[C@@H](C)NC(=O)CCCC(=O)O)cc2ccccc12. The van der Waals surface area contributed by atoms with E-state index in [2.05, 4.69) is 21.3 Å². The van der Waals surface area contributed by atoms with Crippen molar-refractivity contribution in [3.63, 3.8) is 0 Å². The molecular formula is C31H36N4O7. The number of anilines is 1. The van der Waals surface area contributed by atoms with Gasteiger partial charge in [-0.1, -0.05) is 54.6 Å². The number of carbonyl (C=O) groups excluding carboxylic acids is 4. The summed E-state index contributed by atoms with van der Waals surface area (Å²) in [6.45, 7) is 2.93. The second-order valence-corrected chi connectivity index (χ2v) is 9.91. The van der Waals surface area contributed by atoms with E-state index in [-0.39, 0.29) is 25.7 Å². The standard InChI is InChI=1S/C31H36N4O7/c1-19(32-27(36)14-9-15-28(37)38)29(39)33-20(2)30(40)35-25(16-21-10-5-4-6-11-21)31(41)34-23-17-22-12-7-8-13-24(22)26(18-23)42-3/h4-8,10-13,17-20,25H,9,14-16H2,1-3H3,(H,32,36)(H,33,39)(H,34,41)(H,35,40)(H,37,38)/t19-,20-,25+/m1/s1. The summed E-state index contributed by atoms with van der Waals surface area (Å²) in [6, 6.07) is 17.4. The van der Waals surface area contributed by atoms with Crippen LogP contribution in [-0.2, 0) is 30.4 Å². The molecule has 0 heterocycles. The van der Waals surface area contributed by atoms with Gasteiger partial charge in [0, 0.05) is 36.4 Å². The van der Waals surface area contributed by atoms with Crippen LogP contribution in [0.25, 0.3) is 10.8 Å². The molecule has 0 saturated heterocycles. The highest BCUT2D eigenvalue weighted by atomic mass is 16.5. The van der Waals surface area contributed by atoms with Crippen molar-refractivity contribution in [2.45, 2.75) is 57.7 Å². The van der Waals surface area contributed by atoms with Crippen molar-refractivity contribution in [3.8, 4) is 5.75 Å². The Labute approximate surface area is 244 Å². The lowest BCUT2D eigenvalue weighted by atomic mass is 10.0. The maximum atomic E-state index is 13.5. The van der Waals surface area contributed by atoms with E-state index in [1.165, 1.54) is 13.8 Å². The predicted octanol–water partition coefficient (Wildman–Crippen LogP) is 2.78. The van der Waals surface area contributed by atoms with Gasteiger partial charge >= 0.3 is 5.97 Å². The maximum absolute atomic E-state index is 13.5. The second-order valence-electron chi connectivity index (χ2n) is 9.91. The van der Waals surface area contributed by atoms with E-state index < -0.39 is 47.7 Å². The molecule has 3 aromatic rings. The number of carboxylic acid groups (broad SMARTS) is 1. The molecule has 3 aromatic carbocycles. The summed E-state index contributed by atoms with van der Waals surface area (Å²) in [5, 5.41) is 21.1. The normalized spacial score (nSPS) is 12.8. The average molecular weight is 577 g/mol. The number of aliphatic carboxylic acids is 1. The number of carbonyl (C=O) groups is 5. The third-order valence-corrected chi connectivity index (χ3v) is 6.54. The number of rotatable bonds is 14. The first-order valence-corrected chi connectivity index (χ1v) is 13.6. The van der Waals surface area contributed by atoms with Gasteiger partial charge in [-0.05, 0) is 37.3 Å². The van der Waals surface area contributed by atoms with E-state index in [0.29, 0.717) is 11.4 Å². The van der Waals surface area contributed by atoms with Gasteiger partial charge in [0.15, 0.2) is 0 Å². The summed E-state index contributed by atoms with van der Waals surface area (Å²) < 4.78 is 5.50. The Hall–Kier alpha value is -4.93.